The molecule has 0 atom stereocenters. The van der Waals surface area contributed by atoms with Gasteiger partial charge >= 0.3 is 0 Å². The Labute approximate surface area is 92.0 Å². The average Bonchev–Trinajstić information content (AvgIpc) is 2.78. The molecule has 2 rings (SSSR count). The monoisotopic (exact) mass is 215 g/mol. The molecule has 0 fully saturated rings. The standard InChI is InChI=1S/C11H9N3S/c1-13-11-14-10(7-15-11)9-4-2-3-8(5-9)6-12/h2-5,7H,1H3,(H,13,14). The van der Waals surface area contributed by atoms with Gasteiger partial charge in [0.25, 0.3) is 0 Å². The summed E-state index contributed by atoms with van der Waals surface area (Å²) in [5.41, 5.74) is 2.54. The van der Waals surface area contributed by atoms with E-state index < -0.39 is 0 Å². The van der Waals surface area contributed by atoms with Gasteiger partial charge in [-0.3, -0.25) is 0 Å². The minimum Gasteiger partial charge on any atom is -0.365 e. The van der Waals surface area contributed by atoms with Crippen LogP contribution < -0.4 is 5.32 Å². The molecule has 0 amide bonds. The van der Waals surface area contributed by atoms with E-state index in [-0.39, 0.29) is 0 Å². The van der Waals surface area contributed by atoms with Crippen LogP contribution in [0.1, 0.15) is 5.56 Å². The van der Waals surface area contributed by atoms with Gasteiger partial charge in [0.15, 0.2) is 5.13 Å². The Bertz CT molecular complexity index is 511. The Morgan fingerprint density at radius 3 is 3.00 bits per heavy atom. The number of thiazole rings is 1. The number of nitrogens with zero attached hydrogens (tertiary/aromatic N) is 2. The highest BCUT2D eigenvalue weighted by molar-refractivity contribution is 7.14. The largest absolute Gasteiger partial charge is 0.365 e. The van der Waals surface area contributed by atoms with E-state index in [0.717, 1.165) is 16.4 Å². The normalized spacial score (nSPS) is 9.60. The third kappa shape index (κ3) is 1.97. The Hall–Kier alpha value is -1.86. The average molecular weight is 215 g/mol. The molecule has 74 valence electrons. The predicted octanol–water partition coefficient (Wildman–Crippen LogP) is 2.72. The highest BCUT2D eigenvalue weighted by Gasteiger charge is 2.03. The van der Waals surface area contributed by atoms with E-state index in [1.807, 2.05) is 30.6 Å². The Balaban J connectivity index is 2.41. The van der Waals surface area contributed by atoms with Crippen molar-refractivity contribution < 1.29 is 0 Å². The lowest BCUT2D eigenvalue weighted by molar-refractivity contribution is 1.36. The van der Waals surface area contributed by atoms with Gasteiger partial charge in [0, 0.05) is 18.0 Å². The van der Waals surface area contributed by atoms with Crippen LogP contribution in [0, 0.1) is 11.3 Å². The number of hydrogen-bond donors (Lipinski definition) is 1. The molecule has 4 heteroatoms. The van der Waals surface area contributed by atoms with Crippen LogP contribution >= 0.6 is 11.3 Å². The van der Waals surface area contributed by atoms with E-state index in [1.54, 1.807) is 17.4 Å². The molecular weight excluding hydrogens is 206 g/mol. The molecule has 0 spiro atoms. The molecule has 0 aliphatic carbocycles. The summed E-state index contributed by atoms with van der Waals surface area (Å²) in [7, 11) is 1.84. The summed E-state index contributed by atoms with van der Waals surface area (Å²) in [4.78, 5) is 4.37. The number of benzene rings is 1. The number of anilines is 1. The molecule has 3 nitrogen and oxygen atoms in total. The second kappa shape index (κ2) is 4.11. The maximum atomic E-state index is 8.78. The molecule has 0 aliphatic rings. The molecule has 1 heterocycles. The Morgan fingerprint density at radius 1 is 1.47 bits per heavy atom. The highest BCUT2D eigenvalue weighted by atomic mass is 32.1. The maximum absolute atomic E-state index is 8.78. The number of nitrogens with one attached hydrogen (secondary N) is 1. The van der Waals surface area contributed by atoms with Crippen molar-refractivity contribution in [2.45, 2.75) is 0 Å². The summed E-state index contributed by atoms with van der Waals surface area (Å²) in [5, 5.41) is 14.6. The van der Waals surface area contributed by atoms with Crippen molar-refractivity contribution in [2.24, 2.45) is 0 Å². The van der Waals surface area contributed by atoms with Crippen molar-refractivity contribution in [3.63, 3.8) is 0 Å². The predicted molar refractivity (Wildman–Crippen MR) is 61.8 cm³/mol. The van der Waals surface area contributed by atoms with Gasteiger partial charge in [-0.1, -0.05) is 12.1 Å². The van der Waals surface area contributed by atoms with Gasteiger partial charge < -0.3 is 5.32 Å². The molecule has 1 N–H and O–H groups in total. The maximum Gasteiger partial charge on any atom is 0.182 e. The van der Waals surface area contributed by atoms with E-state index in [4.69, 9.17) is 5.26 Å². The van der Waals surface area contributed by atoms with Gasteiger partial charge in [0.05, 0.1) is 17.3 Å². The number of rotatable bonds is 2. The van der Waals surface area contributed by atoms with E-state index in [1.165, 1.54) is 0 Å². The van der Waals surface area contributed by atoms with E-state index in [0.29, 0.717) is 5.56 Å². The highest BCUT2D eigenvalue weighted by Crippen LogP contribution is 2.24. The van der Waals surface area contributed by atoms with Gasteiger partial charge in [-0.05, 0) is 12.1 Å². The third-order valence-electron chi connectivity index (χ3n) is 2.01. The second-order valence-electron chi connectivity index (χ2n) is 2.98. The molecule has 0 bridgehead atoms. The van der Waals surface area contributed by atoms with Crippen molar-refractivity contribution in [2.75, 3.05) is 12.4 Å². The fraction of sp³-hybridized carbons (Fsp3) is 0.0909. The molecule has 0 radical (unpaired) electrons. The summed E-state index contributed by atoms with van der Waals surface area (Å²) < 4.78 is 0. The van der Waals surface area contributed by atoms with E-state index >= 15 is 0 Å². The lowest BCUT2D eigenvalue weighted by Crippen LogP contribution is -1.86. The summed E-state index contributed by atoms with van der Waals surface area (Å²) in [5.74, 6) is 0. The molecule has 1 aromatic heterocycles. The van der Waals surface area contributed by atoms with Gasteiger partial charge in [-0.15, -0.1) is 11.3 Å². The zero-order valence-electron chi connectivity index (χ0n) is 8.19. The zero-order chi connectivity index (χ0) is 10.7. The topological polar surface area (TPSA) is 48.7 Å². The van der Waals surface area contributed by atoms with Crippen LogP contribution in [0.25, 0.3) is 11.3 Å². The smallest absolute Gasteiger partial charge is 0.182 e. The summed E-state index contributed by atoms with van der Waals surface area (Å²) in [6.07, 6.45) is 0. The third-order valence-corrected chi connectivity index (χ3v) is 2.87. The molecule has 0 saturated heterocycles. The Kier molecular flexibility index (Phi) is 2.66. The fourth-order valence-corrected chi connectivity index (χ4v) is 1.95. The molecule has 0 unspecified atom stereocenters. The summed E-state index contributed by atoms with van der Waals surface area (Å²) in [6.45, 7) is 0. The van der Waals surface area contributed by atoms with Gasteiger partial charge in [0.2, 0.25) is 0 Å². The van der Waals surface area contributed by atoms with Crippen molar-refractivity contribution in [3.05, 3.63) is 35.2 Å². The van der Waals surface area contributed by atoms with Crippen LogP contribution in [-0.2, 0) is 0 Å². The lowest BCUT2D eigenvalue weighted by Gasteiger charge is -1.96. The molecule has 0 aliphatic heterocycles. The summed E-state index contributed by atoms with van der Waals surface area (Å²) in [6, 6.07) is 9.57. The molecule has 1 aromatic carbocycles. The molecule has 2 aromatic rings. The molecule has 0 saturated carbocycles. The van der Waals surface area contributed by atoms with Crippen LogP contribution in [0.2, 0.25) is 0 Å². The van der Waals surface area contributed by atoms with E-state index in [2.05, 4.69) is 16.4 Å². The van der Waals surface area contributed by atoms with Crippen LogP contribution in [0.15, 0.2) is 29.6 Å². The van der Waals surface area contributed by atoms with Crippen molar-refractivity contribution in [1.82, 2.24) is 4.98 Å². The first-order valence-corrected chi connectivity index (χ1v) is 5.35. The van der Waals surface area contributed by atoms with Crippen LogP contribution in [0.3, 0.4) is 0 Å². The summed E-state index contributed by atoms with van der Waals surface area (Å²) >= 11 is 1.55. The van der Waals surface area contributed by atoms with Gasteiger partial charge in [0.1, 0.15) is 0 Å². The van der Waals surface area contributed by atoms with Crippen LogP contribution in [0.4, 0.5) is 5.13 Å². The van der Waals surface area contributed by atoms with Crippen LogP contribution in [0.5, 0.6) is 0 Å². The SMILES string of the molecule is CNc1nc(-c2cccc(C#N)c2)cs1. The minimum absolute atomic E-state index is 0.659. The first-order valence-electron chi connectivity index (χ1n) is 4.47. The van der Waals surface area contributed by atoms with Crippen molar-refractivity contribution in [3.8, 4) is 17.3 Å². The minimum atomic E-state index is 0.659. The first kappa shape index (κ1) is 9.69. The van der Waals surface area contributed by atoms with Gasteiger partial charge in [-0.25, -0.2) is 4.98 Å². The fourth-order valence-electron chi connectivity index (χ4n) is 1.27. The number of hydrogen-bond acceptors (Lipinski definition) is 4. The molecular formula is C11H9N3S. The van der Waals surface area contributed by atoms with Crippen LogP contribution in [-0.4, -0.2) is 12.0 Å². The zero-order valence-corrected chi connectivity index (χ0v) is 9.01. The number of nitriles is 1. The molecule has 15 heavy (non-hydrogen) atoms. The van der Waals surface area contributed by atoms with E-state index in [9.17, 15) is 0 Å². The van der Waals surface area contributed by atoms with Crippen molar-refractivity contribution in [1.29, 1.82) is 5.26 Å². The Morgan fingerprint density at radius 2 is 2.33 bits per heavy atom. The number of aromatic nitrogens is 1. The second-order valence-corrected chi connectivity index (χ2v) is 3.84. The quantitative estimate of drug-likeness (QED) is 0.838. The lowest BCUT2D eigenvalue weighted by atomic mass is 10.1. The first-order chi connectivity index (χ1) is 7.33. The van der Waals surface area contributed by atoms with Crippen molar-refractivity contribution >= 4 is 16.5 Å². The van der Waals surface area contributed by atoms with Gasteiger partial charge in [-0.2, -0.15) is 5.26 Å².